The van der Waals surface area contributed by atoms with Crippen LogP contribution in [0.2, 0.25) is 0 Å². The van der Waals surface area contributed by atoms with Crippen molar-refractivity contribution in [2.75, 3.05) is 31.1 Å². The fourth-order valence-corrected chi connectivity index (χ4v) is 4.77. The molecule has 0 unspecified atom stereocenters. The number of aromatic nitrogens is 1. The molecule has 6 heteroatoms. The summed E-state index contributed by atoms with van der Waals surface area (Å²) in [6.07, 6.45) is 0.684. The lowest BCUT2D eigenvalue weighted by atomic mass is 10.2. The molecule has 2 heterocycles. The first-order valence-electron chi connectivity index (χ1n) is 8.47. The number of hydrogen-bond donors (Lipinski definition) is 3. The summed E-state index contributed by atoms with van der Waals surface area (Å²) in [5, 5.41) is 8.04. The van der Waals surface area contributed by atoms with Crippen molar-refractivity contribution < 1.29 is 4.79 Å². The quantitative estimate of drug-likeness (QED) is 0.533. The first-order valence-corrected chi connectivity index (χ1v) is 10.0. The predicted molar refractivity (Wildman–Crippen MR) is 101 cm³/mol. The smallest absolute Gasteiger partial charge is 0.317 e. The maximum atomic E-state index is 12.3. The van der Waals surface area contributed by atoms with Gasteiger partial charge in [-0.15, -0.1) is 0 Å². The largest absolute Gasteiger partial charge is 0.347 e. The number of carbonyl (C=O) groups is 1. The summed E-state index contributed by atoms with van der Waals surface area (Å²) in [4.78, 5) is 17.0. The zero-order chi connectivity index (χ0) is 16.8. The number of nitrogens with zero attached hydrogens (tertiary/aromatic N) is 1. The van der Waals surface area contributed by atoms with Gasteiger partial charge < -0.3 is 16.4 Å². The molecule has 3 rings (SSSR count). The van der Waals surface area contributed by atoms with Gasteiger partial charge in [0.25, 0.3) is 0 Å². The minimum absolute atomic E-state index is 0.143. The van der Waals surface area contributed by atoms with Crippen molar-refractivity contribution >= 4 is 26.9 Å². The molecule has 1 atom stereocenters. The number of benzene rings is 1. The first kappa shape index (κ1) is 17.4. The van der Waals surface area contributed by atoms with Gasteiger partial charge in [0.05, 0.1) is 22.1 Å². The molecule has 1 aromatic heterocycles. The van der Waals surface area contributed by atoms with Crippen molar-refractivity contribution in [3.8, 4) is 0 Å². The maximum Gasteiger partial charge on any atom is 0.347 e. The summed E-state index contributed by atoms with van der Waals surface area (Å²) in [5.74, 6) is 1.89. The van der Waals surface area contributed by atoms with Crippen LogP contribution in [0.3, 0.4) is 0 Å². The molecule has 5 nitrogen and oxygen atoms in total. The van der Waals surface area contributed by atoms with Gasteiger partial charge in [0.2, 0.25) is 0 Å². The molecule has 0 bridgehead atoms. The molecule has 1 aliphatic rings. The van der Waals surface area contributed by atoms with E-state index in [4.69, 9.17) is 5.73 Å². The lowest BCUT2D eigenvalue weighted by Gasteiger charge is -2.16. The second kappa shape index (κ2) is 8.58. The Bertz CT molecular complexity index is 688. The van der Waals surface area contributed by atoms with Crippen LogP contribution < -0.4 is 16.4 Å². The van der Waals surface area contributed by atoms with Gasteiger partial charge in [-0.25, -0.2) is 4.79 Å². The van der Waals surface area contributed by atoms with Crippen molar-refractivity contribution in [3.05, 3.63) is 42.1 Å². The fraction of sp³-hybridized carbons (Fsp3) is 0.444. The molecule has 0 aliphatic carbocycles. The molecule has 24 heavy (non-hydrogen) atoms. The van der Waals surface area contributed by atoms with E-state index < -0.39 is 0 Å². The van der Waals surface area contributed by atoms with Crippen LogP contribution in [-0.4, -0.2) is 47.3 Å². The van der Waals surface area contributed by atoms with Crippen molar-refractivity contribution in [2.24, 2.45) is 5.73 Å². The second-order valence-corrected chi connectivity index (χ2v) is 8.24. The molecule has 0 saturated carbocycles. The minimum atomic E-state index is -0.344. The van der Waals surface area contributed by atoms with Crippen molar-refractivity contribution in [2.45, 2.75) is 19.0 Å². The molecule has 2 aromatic rings. The van der Waals surface area contributed by atoms with Gasteiger partial charge >= 0.3 is 5.12 Å². The highest BCUT2D eigenvalue weighted by molar-refractivity contribution is 8.11. The van der Waals surface area contributed by atoms with Gasteiger partial charge in [-0.1, -0.05) is 24.3 Å². The van der Waals surface area contributed by atoms with Crippen LogP contribution in [0.15, 0.2) is 36.4 Å². The third-order valence-electron chi connectivity index (χ3n) is 4.23. The SMILES string of the molecule is N[C@@H](CCNCc1ccc2ccccc2n1)C(=O)[S+]1CCNCC1. The van der Waals surface area contributed by atoms with Crippen LogP contribution in [0.25, 0.3) is 10.9 Å². The number of carbonyl (C=O) groups excluding carboxylic acids is 1. The third-order valence-corrected chi connectivity index (χ3v) is 6.50. The van der Waals surface area contributed by atoms with Gasteiger partial charge in [0.1, 0.15) is 17.5 Å². The number of para-hydroxylation sites is 1. The zero-order valence-corrected chi connectivity index (χ0v) is 14.6. The predicted octanol–water partition coefficient (Wildman–Crippen LogP) is 0.790. The number of rotatable bonds is 6. The molecule has 1 saturated heterocycles. The summed E-state index contributed by atoms with van der Waals surface area (Å²) in [7, 11) is -0.143. The Morgan fingerprint density at radius 1 is 1.25 bits per heavy atom. The molecule has 0 spiro atoms. The van der Waals surface area contributed by atoms with Crippen LogP contribution >= 0.6 is 0 Å². The number of fused-ring (bicyclic) bond motifs is 1. The van der Waals surface area contributed by atoms with E-state index in [1.54, 1.807) is 0 Å². The average molecular weight is 345 g/mol. The Hall–Kier alpha value is -1.47. The summed E-state index contributed by atoms with van der Waals surface area (Å²) in [6, 6.07) is 11.9. The van der Waals surface area contributed by atoms with Gasteiger partial charge in [0, 0.05) is 25.0 Å². The molecule has 128 valence electrons. The highest BCUT2D eigenvalue weighted by Crippen LogP contribution is 2.11. The molecule has 0 radical (unpaired) electrons. The molecule has 1 aliphatic heterocycles. The van der Waals surface area contributed by atoms with E-state index in [9.17, 15) is 4.79 Å². The Morgan fingerprint density at radius 2 is 2.04 bits per heavy atom. The molecule has 0 amide bonds. The maximum absolute atomic E-state index is 12.3. The van der Waals surface area contributed by atoms with E-state index in [2.05, 4.69) is 27.8 Å². The van der Waals surface area contributed by atoms with E-state index in [1.807, 2.05) is 24.3 Å². The minimum Gasteiger partial charge on any atom is -0.317 e. The molecular weight excluding hydrogens is 320 g/mol. The van der Waals surface area contributed by atoms with E-state index >= 15 is 0 Å². The van der Waals surface area contributed by atoms with Crippen molar-refractivity contribution in [3.63, 3.8) is 0 Å². The van der Waals surface area contributed by atoms with Crippen LogP contribution in [0, 0.1) is 0 Å². The fourth-order valence-electron chi connectivity index (χ4n) is 2.83. The third kappa shape index (κ3) is 4.54. The van der Waals surface area contributed by atoms with E-state index in [0.717, 1.165) is 47.7 Å². The highest BCUT2D eigenvalue weighted by Gasteiger charge is 2.34. The first-order chi connectivity index (χ1) is 11.7. The monoisotopic (exact) mass is 345 g/mol. The Balaban J connectivity index is 1.43. The second-order valence-electron chi connectivity index (χ2n) is 6.04. The van der Waals surface area contributed by atoms with Crippen LogP contribution in [-0.2, 0) is 22.2 Å². The number of pyridine rings is 1. The summed E-state index contributed by atoms with van der Waals surface area (Å²) >= 11 is 0. The summed E-state index contributed by atoms with van der Waals surface area (Å²) in [5.41, 5.74) is 8.10. The Labute approximate surface area is 145 Å². The van der Waals surface area contributed by atoms with E-state index in [-0.39, 0.29) is 22.1 Å². The van der Waals surface area contributed by atoms with Gasteiger partial charge in [0.15, 0.2) is 0 Å². The Morgan fingerprint density at radius 3 is 2.88 bits per heavy atom. The number of hydrogen-bond acceptors (Lipinski definition) is 5. The Kier molecular flexibility index (Phi) is 6.20. The lowest BCUT2D eigenvalue weighted by Crippen LogP contribution is -2.46. The number of nitrogens with two attached hydrogens (primary N) is 1. The molecular formula is C18H25N4OS+. The summed E-state index contributed by atoms with van der Waals surface area (Å²) in [6.45, 7) is 3.30. The van der Waals surface area contributed by atoms with Gasteiger partial charge in [-0.3, -0.25) is 4.98 Å². The van der Waals surface area contributed by atoms with Crippen LogP contribution in [0.5, 0.6) is 0 Å². The lowest BCUT2D eigenvalue weighted by molar-refractivity contribution is -0.112. The zero-order valence-electron chi connectivity index (χ0n) is 13.8. The average Bonchev–Trinajstić information content (AvgIpc) is 2.65. The topological polar surface area (TPSA) is 80.0 Å². The van der Waals surface area contributed by atoms with Crippen molar-refractivity contribution in [1.82, 2.24) is 15.6 Å². The van der Waals surface area contributed by atoms with Crippen molar-refractivity contribution in [1.29, 1.82) is 0 Å². The normalized spacial score (nSPS) is 17.0. The highest BCUT2D eigenvalue weighted by atomic mass is 32.2. The van der Waals surface area contributed by atoms with Gasteiger partial charge in [-0.2, -0.15) is 0 Å². The number of nitrogens with one attached hydrogen (secondary N) is 2. The standard InChI is InChI=1S/C18H25N4OS/c19-16(18(23)24-11-9-20-10-12-24)7-8-21-13-15-6-5-14-3-1-2-4-17(14)22-15/h1-6,16,20-21H,7-13,19H2/q+1/t16-/m0/s1. The van der Waals surface area contributed by atoms with Crippen LogP contribution in [0.4, 0.5) is 0 Å². The molecule has 1 fully saturated rings. The molecule has 1 aromatic carbocycles. The molecule has 4 N–H and O–H groups in total. The van der Waals surface area contributed by atoms with Gasteiger partial charge in [-0.05, 0) is 25.1 Å². The van der Waals surface area contributed by atoms with Crippen LogP contribution in [0.1, 0.15) is 12.1 Å². The van der Waals surface area contributed by atoms with E-state index in [0.29, 0.717) is 13.0 Å². The van der Waals surface area contributed by atoms with E-state index in [1.165, 1.54) is 0 Å². The summed E-state index contributed by atoms with van der Waals surface area (Å²) < 4.78 is 0.